The van der Waals surface area contributed by atoms with Gasteiger partial charge in [0, 0.05) is 35.9 Å². The lowest BCUT2D eigenvalue weighted by Crippen LogP contribution is -2.40. The monoisotopic (exact) mass is 467 g/mol. The summed E-state index contributed by atoms with van der Waals surface area (Å²) < 4.78 is 16.6. The van der Waals surface area contributed by atoms with Crippen LogP contribution in [0.15, 0.2) is 47.3 Å². The highest BCUT2D eigenvalue weighted by atomic mass is 32.1. The summed E-state index contributed by atoms with van der Waals surface area (Å²) >= 11 is 5.76. The van der Waals surface area contributed by atoms with Crippen LogP contribution in [-0.4, -0.2) is 48.5 Å². The van der Waals surface area contributed by atoms with Gasteiger partial charge >= 0.3 is 0 Å². The van der Waals surface area contributed by atoms with Crippen molar-refractivity contribution in [3.63, 3.8) is 0 Å². The molecule has 1 aliphatic rings. The Bertz CT molecular complexity index is 1200. The third-order valence-electron chi connectivity index (χ3n) is 5.79. The van der Waals surface area contributed by atoms with E-state index in [0.29, 0.717) is 40.8 Å². The SMILES string of the molecule is COc1cc2cc(CN(C[C@@H]3CCCO3)C(=S)Nc3cccc(C)c3)c(=O)[nH]c2cc1OC. The first-order chi connectivity index (χ1) is 16.0. The van der Waals surface area contributed by atoms with E-state index in [2.05, 4.69) is 10.3 Å². The Kier molecular flexibility index (Phi) is 7.15. The summed E-state index contributed by atoms with van der Waals surface area (Å²) in [5, 5.41) is 4.74. The molecule has 0 saturated carbocycles. The van der Waals surface area contributed by atoms with E-state index in [4.69, 9.17) is 26.4 Å². The number of thiocarbonyl (C=S) groups is 1. The summed E-state index contributed by atoms with van der Waals surface area (Å²) in [5.41, 5.74) is 3.20. The van der Waals surface area contributed by atoms with Crippen LogP contribution in [0.5, 0.6) is 11.5 Å². The van der Waals surface area contributed by atoms with Crippen LogP contribution in [0.1, 0.15) is 24.0 Å². The van der Waals surface area contributed by atoms with Crippen LogP contribution in [0.25, 0.3) is 10.9 Å². The standard InChI is InChI=1S/C25H29N3O4S/c1-16-6-4-7-19(10-16)26-25(33)28(15-20-8-5-9-32-20)14-18-11-17-12-22(30-2)23(31-3)13-21(17)27-24(18)29/h4,6-7,10-13,20H,5,8-9,14-15H2,1-3H3,(H,26,33)(H,27,29)/t20-/m0/s1. The highest BCUT2D eigenvalue weighted by Crippen LogP contribution is 2.31. The number of methoxy groups -OCH3 is 2. The van der Waals surface area contributed by atoms with Crippen molar-refractivity contribution in [2.24, 2.45) is 0 Å². The molecule has 2 N–H and O–H groups in total. The Labute approximate surface area is 198 Å². The molecule has 0 unspecified atom stereocenters. The molecule has 1 aliphatic heterocycles. The molecule has 0 amide bonds. The molecule has 1 aromatic heterocycles. The van der Waals surface area contributed by atoms with Crippen LogP contribution in [0.3, 0.4) is 0 Å². The number of aryl methyl sites for hydroxylation is 1. The zero-order chi connectivity index (χ0) is 23.4. The molecule has 33 heavy (non-hydrogen) atoms. The van der Waals surface area contributed by atoms with Crippen molar-refractivity contribution in [1.29, 1.82) is 0 Å². The van der Waals surface area contributed by atoms with Crippen molar-refractivity contribution in [2.45, 2.75) is 32.4 Å². The number of aromatic nitrogens is 1. The van der Waals surface area contributed by atoms with E-state index >= 15 is 0 Å². The number of aromatic amines is 1. The van der Waals surface area contributed by atoms with Crippen LogP contribution in [0.2, 0.25) is 0 Å². The van der Waals surface area contributed by atoms with E-state index in [0.717, 1.165) is 36.1 Å². The minimum absolute atomic E-state index is 0.0890. The molecule has 1 saturated heterocycles. The molecule has 0 radical (unpaired) electrons. The zero-order valence-electron chi connectivity index (χ0n) is 19.1. The Morgan fingerprint density at radius 1 is 1.21 bits per heavy atom. The summed E-state index contributed by atoms with van der Waals surface area (Å²) in [4.78, 5) is 17.9. The lowest BCUT2D eigenvalue weighted by atomic mass is 10.1. The van der Waals surface area contributed by atoms with Crippen molar-refractivity contribution in [2.75, 3.05) is 32.7 Å². The molecule has 0 spiro atoms. The summed E-state index contributed by atoms with van der Waals surface area (Å²) in [6.45, 7) is 3.77. The highest BCUT2D eigenvalue weighted by Gasteiger charge is 2.22. The number of benzene rings is 2. The summed E-state index contributed by atoms with van der Waals surface area (Å²) in [6, 6.07) is 13.6. The summed E-state index contributed by atoms with van der Waals surface area (Å²) in [6.07, 6.45) is 2.11. The first-order valence-corrected chi connectivity index (χ1v) is 11.4. The quantitative estimate of drug-likeness (QED) is 0.504. The van der Waals surface area contributed by atoms with E-state index in [1.54, 1.807) is 20.3 Å². The second kappa shape index (κ2) is 10.2. The third-order valence-corrected chi connectivity index (χ3v) is 6.15. The summed E-state index contributed by atoms with van der Waals surface area (Å²) in [5.74, 6) is 1.17. The molecule has 0 bridgehead atoms. The molecule has 4 rings (SSSR count). The Hall–Kier alpha value is -3.10. The van der Waals surface area contributed by atoms with E-state index in [1.165, 1.54) is 0 Å². The van der Waals surface area contributed by atoms with Gasteiger partial charge in [-0.15, -0.1) is 0 Å². The Morgan fingerprint density at radius 2 is 2.00 bits per heavy atom. The van der Waals surface area contributed by atoms with E-state index in [1.807, 2.05) is 48.2 Å². The fourth-order valence-electron chi connectivity index (χ4n) is 4.08. The molecule has 7 nitrogen and oxygen atoms in total. The second-order valence-corrected chi connectivity index (χ2v) is 8.62. The van der Waals surface area contributed by atoms with Crippen molar-refractivity contribution in [1.82, 2.24) is 9.88 Å². The number of nitrogens with zero attached hydrogens (tertiary/aromatic N) is 1. The lowest BCUT2D eigenvalue weighted by Gasteiger charge is -2.28. The number of hydrogen-bond donors (Lipinski definition) is 2. The minimum atomic E-state index is -0.162. The fraction of sp³-hybridized carbons (Fsp3) is 0.360. The van der Waals surface area contributed by atoms with Gasteiger partial charge in [0.15, 0.2) is 16.6 Å². The van der Waals surface area contributed by atoms with Crippen molar-refractivity contribution < 1.29 is 14.2 Å². The predicted molar refractivity (Wildman–Crippen MR) is 134 cm³/mol. The third kappa shape index (κ3) is 5.46. The molecule has 8 heteroatoms. The van der Waals surface area contributed by atoms with Crippen LogP contribution in [0, 0.1) is 6.92 Å². The number of H-pyrrole nitrogens is 1. The van der Waals surface area contributed by atoms with Crippen LogP contribution < -0.4 is 20.3 Å². The first kappa shape index (κ1) is 23.1. The molecular formula is C25H29N3O4S. The maximum absolute atomic E-state index is 12.9. The van der Waals surface area contributed by atoms with Crippen molar-refractivity contribution in [3.05, 3.63) is 63.9 Å². The number of rotatable bonds is 7. The van der Waals surface area contributed by atoms with Gasteiger partial charge in [0.05, 0.1) is 32.4 Å². The Morgan fingerprint density at radius 3 is 2.70 bits per heavy atom. The molecule has 1 fully saturated rings. The predicted octanol–water partition coefficient (Wildman–Crippen LogP) is 4.23. The van der Waals surface area contributed by atoms with Gasteiger partial charge in [-0.2, -0.15) is 0 Å². The van der Waals surface area contributed by atoms with Crippen molar-refractivity contribution in [3.8, 4) is 11.5 Å². The first-order valence-electron chi connectivity index (χ1n) is 11.0. The smallest absolute Gasteiger partial charge is 0.253 e. The van der Waals surface area contributed by atoms with Gasteiger partial charge in [-0.25, -0.2) is 0 Å². The fourth-order valence-corrected chi connectivity index (χ4v) is 4.34. The molecule has 0 aliphatic carbocycles. The van der Waals surface area contributed by atoms with Gasteiger partial charge in [-0.1, -0.05) is 12.1 Å². The molecule has 2 heterocycles. The second-order valence-electron chi connectivity index (χ2n) is 8.23. The minimum Gasteiger partial charge on any atom is -0.493 e. The molecule has 3 aromatic rings. The van der Waals surface area contributed by atoms with Crippen LogP contribution >= 0.6 is 12.2 Å². The van der Waals surface area contributed by atoms with Gasteiger partial charge in [0.2, 0.25) is 0 Å². The average Bonchev–Trinajstić information content (AvgIpc) is 3.31. The maximum atomic E-state index is 12.9. The van der Waals surface area contributed by atoms with Gasteiger partial charge < -0.3 is 29.4 Å². The average molecular weight is 468 g/mol. The maximum Gasteiger partial charge on any atom is 0.253 e. The molecule has 2 aromatic carbocycles. The number of ether oxygens (including phenoxy) is 3. The van der Waals surface area contributed by atoms with E-state index < -0.39 is 0 Å². The number of nitrogens with one attached hydrogen (secondary N) is 2. The number of pyridine rings is 1. The van der Waals surface area contributed by atoms with Crippen LogP contribution in [0.4, 0.5) is 5.69 Å². The van der Waals surface area contributed by atoms with Crippen molar-refractivity contribution >= 4 is 33.9 Å². The topological polar surface area (TPSA) is 75.8 Å². The molecule has 174 valence electrons. The number of anilines is 1. The molecular weight excluding hydrogens is 438 g/mol. The lowest BCUT2D eigenvalue weighted by molar-refractivity contribution is 0.0904. The number of hydrogen-bond acceptors (Lipinski definition) is 5. The van der Waals surface area contributed by atoms with E-state index in [-0.39, 0.29) is 11.7 Å². The largest absolute Gasteiger partial charge is 0.493 e. The molecule has 1 atom stereocenters. The zero-order valence-corrected chi connectivity index (χ0v) is 20.0. The van der Waals surface area contributed by atoms with Gasteiger partial charge in [-0.05, 0) is 61.8 Å². The van der Waals surface area contributed by atoms with Gasteiger partial charge in [-0.3, -0.25) is 4.79 Å². The summed E-state index contributed by atoms with van der Waals surface area (Å²) in [7, 11) is 3.16. The van der Waals surface area contributed by atoms with E-state index in [9.17, 15) is 4.79 Å². The van der Waals surface area contributed by atoms with Gasteiger partial charge in [0.1, 0.15) is 0 Å². The normalized spacial score (nSPS) is 15.4. The van der Waals surface area contributed by atoms with Gasteiger partial charge in [0.25, 0.3) is 5.56 Å². The number of fused-ring (bicyclic) bond motifs is 1. The van der Waals surface area contributed by atoms with Crippen LogP contribution in [-0.2, 0) is 11.3 Å². The highest BCUT2D eigenvalue weighted by molar-refractivity contribution is 7.80. The Balaban J connectivity index is 1.63.